The molecule has 0 bridgehead atoms. The first-order chi connectivity index (χ1) is 12.1. The molecule has 1 unspecified atom stereocenters. The van der Waals surface area contributed by atoms with Gasteiger partial charge in [0.15, 0.2) is 11.0 Å². The van der Waals surface area contributed by atoms with Gasteiger partial charge in [-0.05, 0) is 33.1 Å². The number of ether oxygens (including phenoxy) is 1. The third kappa shape index (κ3) is 4.32. The second-order valence-corrected chi connectivity index (χ2v) is 7.06. The largest absolute Gasteiger partial charge is 0.375 e. The normalized spacial score (nSPS) is 17.6. The highest BCUT2D eigenvalue weighted by Gasteiger charge is 2.30. The van der Waals surface area contributed by atoms with Crippen molar-refractivity contribution in [2.24, 2.45) is 0 Å². The van der Waals surface area contributed by atoms with E-state index in [4.69, 9.17) is 4.74 Å². The molecule has 1 atom stereocenters. The van der Waals surface area contributed by atoms with Gasteiger partial charge in [0.25, 0.3) is 0 Å². The minimum absolute atomic E-state index is 0.0117. The van der Waals surface area contributed by atoms with Crippen LogP contribution in [0.1, 0.15) is 42.5 Å². The smallest absolute Gasteiger partial charge is 0.249 e. The lowest BCUT2D eigenvalue weighted by Crippen LogP contribution is -2.41. The Morgan fingerprint density at radius 2 is 2.16 bits per heavy atom. The number of piperidine rings is 1. The first kappa shape index (κ1) is 17.8. The first-order valence-corrected chi connectivity index (χ1v) is 9.28. The van der Waals surface area contributed by atoms with E-state index in [-0.39, 0.29) is 18.6 Å². The fraction of sp³-hybridized carbons (Fsp3) is 0.529. The Kier molecular flexibility index (Phi) is 5.60. The van der Waals surface area contributed by atoms with Gasteiger partial charge in [-0.2, -0.15) is 0 Å². The van der Waals surface area contributed by atoms with Gasteiger partial charge in [-0.1, -0.05) is 0 Å². The summed E-state index contributed by atoms with van der Waals surface area (Å²) in [5, 5.41) is 6.04. The second kappa shape index (κ2) is 7.88. The van der Waals surface area contributed by atoms with Crippen LogP contribution in [0.3, 0.4) is 0 Å². The Labute approximate surface area is 151 Å². The average Bonchev–Trinajstić information content (AvgIpc) is 2.99. The fourth-order valence-corrected chi connectivity index (χ4v) is 3.73. The molecule has 0 spiro atoms. The van der Waals surface area contributed by atoms with E-state index < -0.39 is 0 Å². The number of carbonyl (C=O) groups is 1. The third-order valence-electron chi connectivity index (χ3n) is 4.11. The Hall–Kier alpha value is -2.06. The molecule has 8 heteroatoms. The average molecular weight is 361 g/mol. The Balaban J connectivity index is 1.85. The number of methoxy groups -OCH3 is 1. The summed E-state index contributed by atoms with van der Waals surface area (Å²) < 4.78 is 5.02. The third-order valence-corrected chi connectivity index (χ3v) is 4.99. The number of hydrogen-bond acceptors (Lipinski definition) is 7. The Morgan fingerprint density at radius 3 is 2.88 bits per heavy atom. The molecule has 1 aliphatic rings. The number of hydrogen-bond donors (Lipinski definition) is 1. The summed E-state index contributed by atoms with van der Waals surface area (Å²) in [6.07, 6.45) is 2.93. The minimum atomic E-state index is -0.102. The zero-order chi connectivity index (χ0) is 17.8. The number of amides is 1. The number of anilines is 2. The minimum Gasteiger partial charge on any atom is -0.375 e. The lowest BCUT2D eigenvalue weighted by atomic mass is 10.0. The summed E-state index contributed by atoms with van der Waals surface area (Å²) in [5.74, 6) is 1.38. The molecule has 0 aromatic carbocycles. The summed E-state index contributed by atoms with van der Waals surface area (Å²) in [4.78, 5) is 27.9. The van der Waals surface area contributed by atoms with Crippen molar-refractivity contribution in [1.82, 2.24) is 19.9 Å². The first-order valence-electron chi connectivity index (χ1n) is 8.40. The number of likely N-dealkylation sites (tertiary alicyclic amines) is 1. The zero-order valence-electron chi connectivity index (χ0n) is 14.8. The van der Waals surface area contributed by atoms with E-state index in [1.54, 1.807) is 11.3 Å². The molecule has 1 fully saturated rings. The van der Waals surface area contributed by atoms with Crippen LogP contribution in [0.4, 0.5) is 10.9 Å². The summed E-state index contributed by atoms with van der Waals surface area (Å²) in [5.41, 5.74) is 1.84. The predicted molar refractivity (Wildman–Crippen MR) is 97.1 cm³/mol. The number of aromatic nitrogens is 3. The van der Waals surface area contributed by atoms with E-state index in [1.807, 2.05) is 30.2 Å². The van der Waals surface area contributed by atoms with Gasteiger partial charge in [-0.25, -0.2) is 15.0 Å². The number of nitrogens with zero attached hydrogens (tertiary/aromatic N) is 4. The molecule has 3 rings (SSSR count). The highest BCUT2D eigenvalue weighted by Crippen LogP contribution is 2.30. The molecule has 0 radical (unpaired) electrons. The molecular weight excluding hydrogens is 338 g/mol. The molecular formula is C17H23N5O2S. The lowest BCUT2D eigenvalue weighted by Gasteiger charge is -2.34. The molecule has 1 amide bonds. The van der Waals surface area contributed by atoms with Crippen LogP contribution in [0, 0.1) is 13.8 Å². The molecule has 25 heavy (non-hydrogen) atoms. The fourth-order valence-electron chi connectivity index (χ4n) is 3.03. The van der Waals surface area contributed by atoms with Gasteiger partial charge in [0.05, 0.1) is 11.7 Å². The monoisotopic (exact) mass is 361 g/mol. The van der Waals surface area contributed by atoms with Crippen molar-refractivity contribution in [2.75, 3.05) is 25.6 Å². The molecule has 1 N–H and O–H groups in total. The van der Waals surface area contributed by atoms with Gasteiger partial charge in [0, 0.05) is 30.8 Å². The maximum atomic E-state index is 12.4. The van der Waals surface area contributed by atoms with Gasteiger partial charge >= 0.3 is 0 Å². The topological polar surface area (TPSA) is 80.2 Å². The van der Waals surface area contributed by atoms with Crippen LogP contribution in [0.25, 0.3) is 0 Å². The van der Waals surface area contributed by atoms with E-state index in [2.05, 4.69) is 20.3 Å². The van der Waals surface area contributed by atoms with Crippen molar-refractivity contribution in [2.45, 2.75) is 39.2 Å². The number of rotatable bonds is 5. The van der Waals surface area contributed by atoms with E-state index >= 15 is 0 Å². The molecule has 1 aliphatic heterocycles. The lowest BCUT2D eigenvalue weighted by molar-refractivity contribution is -0.139. The van der Waals surface area contributed by atoms with Crippen LogP contribution >= 0.6 is 11.3 Å². The molecule has 1 saturated heterocycles. The molecule has 2 aromatic heterocycles. The van der Waals surface area contributed by atoms with Crippen molar-refractivity contribution in [3.05, 3.63) is 28.7 Å². The van der Waals surface area contributed by atoms with E-state index in [1.165, 1.54) is 7.11 Å². The molecule has 3 heterocycles. The number of thiazole rings is 1. The number of carbonyl (C=O) groups excluding carboxylic acids is 1. The van der Waals surface area contributed by atoms with Crippen LogP contribution in [0.15, 0.2) is 11.4 Å². The van der Waals surface area contributed by atoms with Crippen LogP contribution < -0.4 is 5.32 Å². The standard InChI is InChI=1S/C17H23N5O2S/c1-11-8-14(21-17-19-12(2)10-25-17)20-16(18-11)13-6-4-5-7-22(13)15(23)9-24-3/h8,10,13H,4-7,9H2,1-3H3,(H,18,19,20,21). The van der Waals surface area contributed by atoms with Crippen LogP contribution in [-0.4, -0.2) is 46.0 Å². The van der Waals surface area contributed by atoms with Crippen molar-refractivity contribution in [1.29, 1.82) is 0 Å². The molecule has 0 aliphatic carbocycles. The summed E-state index contributed by atoms with van der Waals surface area (Å²) in [6.45, 7) is 4.71. The molecule has 7 nitrogen and oxygen atoms in total. The van der Waals surface area contributed by atoms with E-state index in [9.17, 15) is 4.79 Å². The van der Waals surface area contributed by atoms with Gasteiger partial charge in [-0.3, -0.25) is 4.79 Å². The summed E-state index contributed by atoms with van der Waals surface area (Å²) in [6, 6.07) is 1.79. The zero-order valence-corrected chi connectivity index (χ0v) is 15.6. The molecule has 2 aromatic rings. The second-order valence-electron chi connectivity index (χ2n) is 6.20. The summed E-state index contributed by atoms with van der Waals surface area (Å²) in [7, 11) is 1.54. The SMILES string of the molecule is COCC(=O)N1CCCCC1c1nc(C)cc(Nc2nc(C)cs2)n1. The maximum Gasteiger partial charge on any atom is 0.249 e. The van der Waals surface area contributed by atoms with Crippen LogP contribution in [0.2, 0.25) is 0 Å². The molecule has 0 saturated carbocycles. The van der Waals surface area contributed by atoms with Gasteiger partial charge in [0.2, 0.25) is 5.91 Å². The maximum absolute atomic E-state index is 12.4. The van der Waals surface area contributed by atoms with Crippen molar-refractivity contribution >= 4 is 28.2 Å². The molecule has 134 valence electrons. The van der Waals surface area contributed by atoms with Gasteiger partial charge in [-0.15, -0.1) is 11.3 Å². The van der Waals surface area contributed by atoms with Crippen LogP contribution in [0.5, 0.6) is 0 Å². The van der Waals surface area contributed by atoms with Crippen molar-refractivity contribution < 1.29 is 9.53 Å². The van der Waals surface area contributed by atoms with Gasteiger partial charge < -0.3 is 15.0 Å². The highest BCUT2D eigenvalue weighted by atomic mass is 32.1. The predicted octanol–water partition coefficient (Wildman–Crippen LogP) is 2.99. The Morgan fingerprint density at radius 1 is 1.32 bits per heavy atom. The summed E-state index contributed by atoms with van der Waals surface area (Å²) >= 11 is 1.54. The van der Waals surface area contributed by atoms with E-state index in [0.29, 0.717) is 11.6 Å². The van der Waals surface area contributed by atoms with E-state index in [0.717, 1.165) is 42.3 Å². The Bertz CT molecular complexity index is 748. The van der Waals surface area contributed by atoms with Crippen molar-refractivity contribution in [3.63, 3.8) is 0 Å². The number of nitrogens with one attached hydrogen (secondary N) is 1. The van der Waals surface area contributed by atoms with Crippen LogP contribution in [-0.2, 0) is 9.53 Å². The highest BCUT2D eigenvalue weighted by molar-refractivity contribution is 7.13. The van der Waals surface area contributed by atoms with Crippen molar-refractivity contribution in [3.8, 4) is 0 Å². The quantitative estimate of drug-likeness (QED) is 0.882. The number of aryl methyl sites for hydroxylation is 2. The van der Waals surface area contributed by atoms with Gasteiger partial charge in [0.1, 0.15) is 12.4 Å².